The lowest BCUT2D eigenvalue weighted by Crippen LogP contribution is -2.03. The van der Waals surface area contributed by atoms with Crippen LogP contribution in [0.15, 0.2) is 30.6 Å². The minimum Gasteiger partial charge on any atom is -0.497 e. The van der Waals surface area contributed by atoms with E-state index in [-0.39, 0.29) is 5.69 Å². The summed E-state index contributed by atoms with van der Waals surface area (Å²) >= 11 is 1.42. The average Bonchev–Trinajstić information content (AvgIpc) is 2.88. The van der Waals surface area contributed by atoms with Crippen molar-refractivity contribution >= 4 is 38.5 Å². The number of aromatic nitrogens is 3. The Morgan fingerprint density at radius 2 is 2.19 bits per heavy atom. The van der Waals surface area contributed by atoms with Crippen LogP contribution in [0.25, 0.3) is 10.2 Å². The molecule has 0 atom stereocenters. The smallest absolute Gasteiger partial charge is 0.356 e. The Kier molecular flexibility index (Phi) is 3.36. The first kappa shape index (κ1) is 13.3. The summed E-state index contributed by atoms with van der Waals surface area (Å²) in [5.41, 5.74) is 0.702. The predicted molar refractivity (Wildman–Crippen MR) is 78.4 cm³/mol. The van der Waals surface area contributed by atoms with E-state index in [1.165, 1.54) is 23.7 Å². The number of aromatic carboxylic acids is 1. The molecule has 8 heteroatoms. The number of nitrogens with zero attached hydrogens (tertiary/aromatic N) is 3. The Morgan fingerprint density at radius 3 is 2.95 bits per heavy atom. The molecule has 0 radical (unpaired) electrons. The molecule has 2 aromatic heterocycles. The molecule has 0 unspecified atom stereocenters. The normalized spacial score (nSPS) is 10.5. The van der Waals surface area contributed by atoms with E-state index >= 15 is 0 Å². The van der Waals surface area contributed by atoms with Gasteiger partial charge < -0.3 is 15.2 Å². The number of carbonyl (C=O) groups is 1. The number of methoxy groups -OCH3 is 1. The number of fused-ring (bicyclic) bond motifs is 1. The monoisotopic (exact) mass is 302 g/mol. The van der Waals surface area contributed by atoms with Crippen molar-refractivity contribution < 1.29 is 14.6 Å². The Morgan fingerprint density at radius 1 is 1.33 bits per heavy atom. The predicted octanol–water partition coefficient (Wildman–Crippen LogP) is 2.54. The van der Waals surface area contributed by atoms with E-state index in [0.717, 1.165) is 16.0 Å². The van der Waals surface area contributed by atoms with Crippen molar-refractivity contribution in [2.75, 3.05) is 12.4 Å². The molecule has 1 aromatic carbocycles. The fraction of sp³-hybridized carbons (Fsp3) is 0.0769. The van der Waals surface area contributed by atoms with E-state index in [1.807, 2.05) is 18.2 Å². The maximum absolute atomic E-state index is 10.9. The topological polar surface area (TPSA) is 97.2 Å². The number of carboxylic acid groups (broad SMARTS) is 1. The summed E-state index contributed by atoms with van der Waals surface area (Å²) in [5, 5.41) is 12.5. The van der Waals surface area contributed by atoms with Crippen LogP contribution >= 0.6 is 11.3 Å². The summed E-state index contributed by atoms with van der Waals surface area (Å²) in [5.74, 6) is -0.0357. The van der Waals surface area contributed by atoms with Crippen LogP contribution in [-0.4, -0.2) is 33.1 Å². The third-order valence-electron chi connectivity index (χ3n) is 2.68. The molecule has 106 valence electrons. The highest BCUT2D eigenvalue weighted by Gasteiger charge is 2.09. The van der Waals surface area contributed by atoms with E-state index in [2.05, 4.69) is 20.3 Å². The lowest BCUT2D eigenvalue weighted by atomic mass is 10.3. The summed E-state index contributed by atoms with van der Waals surface area (Å²) in [7, 11) is 1.61. The third-order valence-corrected chi connectivity index (χ3v) is 3.62. The lowest BCUT2D eigenvalue weighted by molar-refractivity contribution is 0.0690. The van der Waals surface area contributed by atoms with Crippen molar-refractivity contribution in [2.24, 2.45) is 0 Å². The molecule has 21 heavy (non-hydrogen) atoms. The molecule has 2 heterocycles. The minimum absolute atomic E-state index is 0.122. The Bertz CT molecular complexity index is 818. The summed E-state index contributed by atoms with van der Waals surface area (Å²) in [6.45, 7) is 0. The molecule has 0 saturated heterocycles. The summed E-state index contributed by atoms with van der Waals surface area (Å²) in [4.78, 5) is 23.0. The minimum atomic E-state index is -1.12. The number of nitrogens with one attached hydrogen (secondary N) is 1. The first-order valence-electron chi connectivity index (χ1n) is 5.92. The van der Waals surface area contributed by atoms with Crippen LogP contribution in [0, 0.1) is 0 Å². The number of anilines is 2. The molecule has 0 aliphatic heterocycles. The highest BCUT2D eigenvalue weighted by Crippen LogP contribution is 2.30. The zero-order valence-corrected chi connectivity index (χ0v) is 11.7. The maximum atomic E-state index is 10.9. The van der Waals surface area contributed by atoms with E-state index < -0.39 is 5.97 Å². The van der Waals surface area contributed by atoms with Gasteiger partial charge in [0.25, 0.3) is 0 Å². The van der Waals surface area contributed by atoms with Gasteiger partial charge in [0.15, 0.2) is 16.6 Å². The van der Waals surface area contributed by atoms with Crippen molar-refractivity contribution in [2.45, 2.75) is 0 Å². The van der Waals surface area contributed by atoms with Gasteiger partial charge in [-0.2, -0.15) is 0 Å². The number of hydrogen-bond acceptors (Lipinski definition) is 7. The van der Waals surface area contributed by atoms with Gasteiger partial charge in [-0.15, -0.1) is 0 Å². The van der Waals surface area contributed by atoms with E-state index in [4.69, 9.17) is 9.84 Å². The number of benzene rings is 1. The zero-order chi connectivity index (χ0) is 14.8. The highest BCUT2D eigenvalue weighted by atomic mass is 32.1. The number of ether oxygens (including phenoxy) is 1. The largest absolute Gasteiger partial charge is 0.497 e. The van der Waals surface area contributed by atoms with Crippen LogP contribution in [-0.2, 0) is 0 Å². The molecule has 0 saturated carbocycles. The summed E-state index contributed by atoms with van der Waals surface area (Å²) < 4.78 is 6.12. The summed E-state index contributed by atoms with van der Waals surface area (Å²) in [6.07, 6.45) is 2.63. The molecule has 3 rings (SSSR count). The van der Waals surface area contributed by atoms with Gasteiger partial charge in [-0.05, 0) is 18.2 Å². The zero-order valence-electron chi connectivity index (χ0n) is 10.9. The SMILES string of the molecule is COc1ccc2nc(Nc3cncc(C(=O)O)n3)sc2c1. The molecule has 0 bridgehead atoms. The average molecular weight is 302 g/mol. The van der Waals surface area contributed by atoms with Crippen molar-refractivity contribution in [1.29, 1.82) is 0 Å². The molecule has 0 aliphatic carbocycles. The Balaban J connectivity index is 1.91. The number of hydrogen-bond donors (Lipinski definition) is 2. The van der Waals surface area contributed by atoms with Gasteiger partial charge >= 0.3 is 5.97 Å². The summed E-state index contributed by atoms with van der Waals surface area (Å²) in [6, 6.07) is 5.57. The Hall–Kier alpha value is -2.74. The first-order valence-corrected chi connectivity index (χ1v) is 6.74. The molecule has 0 spiro atoms. The van der Waals surface area contributed by atoms with Crippen molar-refractivity contribution in [3.8, 4) is 5.75 Å². The number of carboxylic acids is 1. The van der Waals surface area contributed by atoms with E-state index in [0.29, 0.717) is 10.9 Å². The standard InChI is InChI=1S/C13H10N4O3S/c1-20-7-2-3-8-10(4-7)21-13(16-8)17-11-6-14-5-9(15-11)12(18)19/h2-6H,1H3,(H,18,19)(H,15,16,17). The van der Waals surface area contributed by atoms with Gasteiger partial charge in [-0.1, -0.05) is 11.3 Å². The van der Waals surface area contributed by atoms with Gasteiger partial charge in [0, 0.05) is 0 Å². The molecular formula is C13H10N4O3S. The Labute approximate surface area is 123 Å². The quantitative estimate of drug-likeness (QED) is 0.764. The molecule has 0 fully saturated rings. The van der Waals surface area contributed by atoms with Crippen LogP contribution in [0.1, 0.15) is 10.5 Å². The van der Waals surface area contributed by atoms with Crippen LogP contribution in [0.4, 0.5) is 10.9 Å². The second kappa shape index (κ2) is 5.33. The van der Waals surface area contributed by atoms with Crippen molar-refractivity contribution in [1.82, 2.24) is 15.0 Å². The molecule has 0 amide bonds. The van der Waals surface area contributed by atoms with E-state index in [1.54, 1.807) is 7.11 Å². The van der Waals surface area contributed by atoms with Gasteiger partial charge in [-0.25, -0.2) is 14.8 Å². The molecule has 3 aromatic rings. The van der Waals surface area contributed by atoms with Crippen LogP contribution in [0.2, 0.25) is 0 Å². The van der Waals surface area contributed by atoms with Crippen LogP contribution in [0.5, 0.6) is 5.75 Å². The van der Waals surface area contributed by atoms with Gasteiger partial charge in [0.05, 0.1) is 29.7 Å². The van der Waals surface area contributed by atoms with Crippen LogP contribution in [0.3, 0.4) is 0 Å². The lowest BCUT2D eigenvalue weighted by Gasteiger charge is -2.01. The first-order chi connectivity index (χ1) is 10.2. The second-order valence-corrected chi connectivity index (χ2v) is 5.10. The fourth-order valence-electron chi connectivity index (χ4n) is 1.72. The van der Waals surface area contributed by atoms with Gasteiger partial charge in [0.2, 0.25) is 0 Å². The molecular weight excluding hydrogens is 292 g/mol. The number of rotatable bonds is 4. The fourth-order valence-corrected chi connectivity index (χ4v) is 2.63. The van der Waals surface area contributed by atoms with Crippen LogP contribution < -0.4 is 10.1 Å². The highest BCUT2D eigenvalue weighted by molar-refractivity contribution is 7.22. The molecule has 2 N–H and O–H groups in total. The van der Waals surface area contributed by atoms with Gasteiger partial charge in [-0.3, -0.25) is 4.98 Å². The number of thiazole rings is 1. The van der Waals surface area contributed by atoms with Gasteiger partial charge in [0.1, 0.15) is 5.75 Å². The third kappa shape index (κ3) is 2.75. The second-order valence-electron chi connectivity index (χ2n) is 4.07. The van der Waals surface area contributed by atoms with Crippen molar-refractivity contribution in [3.63, 3.8) is 0 Å². The molecule has 0 aliphatic rings. The maximum Gasteiger partial charge on any atom is 0.356 e. The molecule has 7 nitrogen and oxygen atoms in total. The van der Waals surface area contributed by atoms with E-state index in [9.17, 15) is 4.79 Å². The van der Waals surface area contributed by atoms with Crippen molar-refractivity contribution in [3.05, 3.63) is 36.3 Å².